The Kier molecular flexibility index (Phi) is 9.89. The summed E-state index contributed by atoms with van der Waals surface area (Å²) in [7, 11) is 0. The van der Waals surface area contributed by atoms with Crippen LogP contribution in [-0.2, 0) is 17.8 Å². The average molecular weight is 342 g/mol. The van der Waals surface area contributed by atoms with E-state index in [1.54, 1.807) is 0 Å². The molecular weight excluding hydrogens is 312 g/mol. The molecule has 0 saturated heterocycles. The van der Waals surface area contributed by atoms with Gasteiger partial charge in [-0.2, -0.15) is 0 Å². The van der Waals surface area contributed by atoms with E-state index >= 15 is 0 Å². The SMILES string of the molecule is OC(CCCOCCCNCc1ccccc1)NCc1ccccc1. The lowest BCUT2D eigenvalue weighted by Gasteiger charge is -2.13. The molecule has 2 rings (SSSR count). The van der Waals surface area contributed by atoms with Crippen LogP contribution < -0.4 is 10.6 Å². The Morgan fingerprint density at radius 2 is 1.40 bits per heavy atom. The molecule has 0 bridgehead atoms. The zero-order valence-corrected chi connectivity index (χ0v) is 14.9. The third-order valence-electron chi connectivity index (χ3n) is 3.97. The van der Waals surface area contributed by atoms with Gasteiger partial charge in [-0.05, 0) is 36.9 Å². The fourth-order valence-electron chi connectivity index (χ4n) is 2.54. The van der Waals surface area contributed by atoms with E-state index in [1.807, 2.05) is 24.3 Å². The van der Waals surface area contributed by atoms with Gasteiger partial charge in [0.15, 0.2) is 0 Å². The number of hydrogen-bond acceptors (Lipinski definition) is 4. The van der Waals surface area contributed by atoms with Gasteiger partial charge in [0.1, 0.15) is 6.23 Å². The minimum Gasteiger partial charge on any atom is -0.381 e. The maximum absolute atomic E-state index is 9.91. The summed E-state index contributed by atoms with van der Waals surface area (Å²) in [5, 5.41) is 16.5. The first-order valence-corrected chi connectivity index (χ1v) is 9.12. The molecule has 4 heteroatoms. The van der Waals surface area contributed by atoms with Crippen LogP contribution in [0.25, 0.3) is 0 Å². The van der Waals surface area contributed by atoms with Gasteiger partial charge in [0.25, 0.3) is 0 Å². The molecule has 0 radical (unpaired) electrons. The third-order valence-corrected chi connectivity index (χ3v) is 3.97. The van der Waals surface area contributed by atoms with Gasteiger partial charge in [0, 0.05) is 26.3 Å². The Morgan fingerprint density at radius 1 is 0.800 bits per heavy atom. The van der Waals surface area contributed by atoms with Gasteiger partial charge in [-0.1, -0.05) is 60.7 Å². The minimum atomic E-state index is -0.476. The molecule has 1 atom stereocenters. The standard InChI is InChI=1S/C21H30N2O2/c24-21(23-18-20-11-5-2-6-12-20)13-7-15-25-16-8-14-22-17-19-9-3-1-4-10-19/h1-6,9-12,21-24H,7-8,13-18H2. The Morgan fingerprint density at radius 3 is 2.08 bits per heavy atom. The normalized spacial score (nSPS) is 12.2. The second-order valence-electron chi connectivity index (χ2n) is 6.15. The summed E-state index contributed by atoms with van der Waals surface area (Å²) < 4.78 is 5.62. The summed E-state index contributed by atoms with van der Waals surface area (Å²) >= 11 is 0. The predicted octanol–water partition coefficient (Wildman–Crippen LogP) is 3.07. The van der Waals surface area contributed by atoms with Crippen molar-refractivity contribution in [2.45, 2.75) is 38.6 Å². The van der Waals surface area contributed by atoms with Gasteiger partial charge in [-0.3, -0.25) is 5.32 Å². The molecule has 3 N–H and O–H groups in total. The van der Waals surface area contributed by atoms with E-state index in [0.717, 1.165) is 32.5 Å². The molecule has 136 valence electrons. The maximum atomic E-state index is 9.91. The van der Waals surface area contributed by atoms with Gasteiger partial charge < -0.3 is 15.2 Å². The molecule has 2 aromatic carbocycles. The van der Waals surface area contributed by atoms with E-state index in [9.17, 15) is 5.11 Å². The summed E-state index contributed by atoms with van der Waals surface area (Å²) in [5.74, 6) is 0. The van der Waals surface area contributed by atoms with Crippen molar-refractivity contribution in [3.63, 3.8) is 0 Å². The zero-order chi connectivity index (χ0) is 17.6. The van der Waals surface area contributed by atoms with Crippen molar-refractivity contribution in [3.8, 4) is 0 Å². The van der Waals surface area contributed by atoms with Crippen molar-refractivity contribution in [2.75, 3.05) is 19.8 Å². The van der Waals surface area contributed by atoms with Crippen LogP contribution in [0.1, 0.15) is 30.4 Å². The predicted molar refractivity (Wildman–Crippen MR) is 102 cm³/mol. The van der Waals surface area contributed by atoms with Crippen LogP contribution in [0.15, 0.2) is 60.7 Å². The van der Waals surface area contributed by atoms with E-state index in [0.29, 0.717) is 19.6 Å². The van der Waals surface area contributed by atoms with Crippen molar-refractivity contribution in [3.05, 3.63) is 71.8 Å². The molecule has 0 aliphatic rings. The monoisotopic (exact) mass is 342 g/mol. The van der Waals surface area contributed by atoms with Crippen molar-refractivity contribution >= 4 is 0 Å². The highest BCUT2D eigenvalue weighted by Crippen LogP contribution is 2.01. The lowest BCUT2D eigenvalue weighted by atomic mass is 10.2. The molecule has 2 aromatic rings. The van der Waals surface area contributed by atoms with Crippen LogP contribution in [0.5, 0.6) is 0 Å². The van der Waals surface area contributed by atoms with Crippen LogP contribution in [-0.4, -0.2) is 31.1 Å². The topological polar surface area (TPSA) is 53.5 Å². The van der Waals surface area contributed by atoms with Crippen LogP contribution >= 0.6 is 0 Å². The van der Waals surface area contributed by atoms with Crippen molar-refractivity contribution in [1.29, 1.82) is 0 Å². The van der Waals surface area contributed by atoms with Gasteiger partial charge in [0.05, 0.1) is 0 Å². The average Bonchev–Trinajstić information content (AvgIpc) is 2.66. The second kappa shape index (κ2) is 12.6. The number of nitrogens with one attached hydrogen (secondary N) is 2. The molecule has 4 nitrogen and oxygen atoms in total. The molecule has 0 saturated carbocycles. The molecule has 0 amide bonds. The highest BCUT2D eigenvalue weighted by atomic mass is 16.5. The number of aliphatic hydroxyl groups is 1. The second-order valence-corrected chi connectivity index (χ2v) is 6.15. The summed E-state index contributed by atoms with van der Waals surface area (Å²) in [6.07, 6.45) is 2.09. The van der Waals surface area contributed by atoms with E-state index in [4.69, 9.17) is 4.74 Å². The van der Waals surface area contributed by atoms with Crippen LogP contribution in [0.3, 0.4) is 0 Å². The summed E-state index contributed by atoms with van der Waals surface area (Å²) in [5.41, 5.74) is 2.49. The zero-order valence-electron chi connectivity index (χ0n) is 14.9. The Hall–Kier alpha value is -1.72. The molecular formula is C21H30N2O2. The van der Waals surface area contributed by atoms with Gasteiger partial charge in [-0.15, -0.1) is 0 Å². The fourth-order valence-corrected chi connectivity index (χ4v) is 2.54. The number of rotatable bonds is 13. The highest BCUT2D eigenvalue weighted by molar-refractivity contribution is 5.14. The first-order chi connectivity index (χ1) is 12.3. The minimum absolute atomic E-state index is 0.476. The first kappa shape index (κ1) is 19.6. The highest BCUT2D eigenvalue weighted by Gasteiger charge is 2.03. The number of hydrogen-bond donors (Lipinski definition) is 3. The smallest absolute Gasteiger partial charge is 0.105 e. The molecule has 25 heavy (non-hydrogen) atoms. The summed E-state index contributed by atoms with van der Waals surface area (Å²) in [4.78, 5) is 0. The largest absolute Gasteiger partial charge is 0.381 e. The lowest BCUT2D eigenvalue weighted by Crippen LogP contribution is -2.28. The molecule has 0 fully saturated rings. The van der Waals surface area contributed by atoms with Crippen molar-refractivity contribution < 1.29 is 9.84 Å². The summed E-state index contributed by atoms with van der Waals surface area (Å²) in [6, 6.07) is 20.5. The van der Waals surface area contributed by atoms with Gasteiger partial charge >= 0.3 is 0 Å². The molecule has 0 aliphatic carbocycles. The number of benzene rings is 2. The third kappa shape index (κ3) is 9.37. The van der Waals surface area contributed by atoms with Crippen LogP contribution in [0.2, 0.25) is 0 Å². The summed E-state index contributed by atoms with van der Waals surface area (Å²) in [6.45, 7) is 4.00. The fraction of sp³-hybridized carbons (Fsp3) is 0.429. The number of aliphatic hydroxyl groups excluding tert-OH is 1. The van der Waals surface area contributed by atoms with Gasteiger partial charge in [0.2, 0.25) is 0 Å². The van der Waals surface area contributed by atoms with E-state index in [2.05, 4.69) is 47.0 Å². The first-order valence-electron chi connectivity index (χ1n) is 9.12. The molecule has 0 aliphatic heterocycles. The molecule has 1 unspecified atom stereocenters. The number of ether oxygens (including phenoxy) is 1. The lowest BCUT2D eigenvalue weighted by molar-refractivity contribution is 0.0897. The van der Waals surface area contributed by atoms with E-state index < -0.39 is 6.23 Å². The molecule has 0 spiro atoms. The quantitative estimate of drug-likeness (QED) is 0.387. The van der Waals surface area contributed by atoms with E-state index in [-0.39, 0.29) is 0 Å². The van der Waals surface area contributed by atoms with Crippen LogP contribution in [0, 0.1) is 0 Å². The van der Waals surface area contributed by atoms with Crippen LogP contribution in [0.4, 0.5) is 0 Å². The van der Waals surface area contributed by atoms with Crippen molar-refractivity contribution in [1.82, 2.24) is 10.6 Å². The van der Waals surface area contributed by atoms with Gasteiger partial charge in [-0.25, -0.2) is 0 Å². The Balaban J connectivity index is 1.38. The molecule has 0 aromatic heterocycles. The Labute approximate surface area is 151 Å². The molecule has 0 heterocycles. The van der Waals surface area contributed by atoms with E-state index in [1.165, 1.54) is 11.1 Å². The van der Waals surface area contributed by atoms with Crippen molar-refractivity contribution in [2.24, 2.45) is 0 Å². The Bertz CT molecular complexity index is 548. The maximum Gasteiger partial charge on any atom is 0.105 e.